The minimum Gasteiger partial charge on any atom is -0.439 e. The van der Waals surface area contributed by atoms with Gasteiger partial charge in [-0.15, -0.1) is 0 Å². The highest BCUT2D eigenvalue weighted by Gasteiger charge is 2.04. The molecule has 2 rings (SSSR count). The molecule has 5 nitrogen and oxygen atoms in total. The third-order valence-corrected chi connectivity index (χ3v) is 2.06. The van der Waals surface area contributed by atoms with Crippen LogP contribution in [-0.2, 0) is 0 Å². The Bertz CT molecular complexity index is 555. The molecule has 0 aliphatic rings. The number of nitrogen functional groups attached to an aromatic ring is 1. The number of aromatic nitrogens is 1. The minimum absolute atomic E-state index is 0.159. The molecule has 0 saturated carbocycles. The van der Waals surface area contributed by atoms with Gasteiger partial charge in [-0.05, 0) is 18.2 Å². The zero-order valence-electron chi connectivity index (χ0n) is 8.96. The number of benzene rings is 1. The number of nitrogens with zero attached hydrogens (tertiary/aromatic N) is 1. The van der Waals surface area contributed by atoms with Gasteiger partial charge < -0.3 is 16.2 Å². The van der Waals surface area contributed by atoms with E-state index in [0.29, 0.717) is 17.3 Å². The number of hydrogen-bond donors (Lipinski definition) is 2. The van der Waals surface area contributed by atoms with Gasteiger partial charge in [0.2, 0.25) is 5.88 Å². The number of pyridine rings is 1. The van der Waals surface area contributed by atoms with Crippen molar-refractivity contribution in [1.82, 2.24) is 4.98 Å². The number of hydrogen-bond acceptors (Lipinski definition) is 4. The lowest BCUT2D eigenvalue weighted by molar-refractivity contribution is 0.0995. The summed E-state index contributed by atoms with van der Waals surface area (Å²) in [7, 11) is 0. The number of carbonyl (C=O) groups is 1. The molecule has 1 heterocycles. The summed E-state index contributed by atoms with van der Waals surface area (Å²) in [5, 5.41) is 0. The molecule has 0 spiro atoms. The van der Waals surface area contributed by atoms with E-state index in [1.165, 1.54) is 6.07 Å². The summed E-state index contributed by atoms with van der Waals surface area (Å²) in [5.74, 6) is 0.258. The summed E-state index contributed by atoms with van der Waals surface area (Å²) in [4.78, 5) is 14.9. The van der Waals surface area contributed by atoms with Crippen molar-refractivity contribution in [3.05, 3.63) is 48.2 Å². The van der Waals surface area contributed by atoms with E-state index in [2.05, 4.69) is 4.98 Å². The van der Waals surface area contributed by atoms with Gasteiger partial charge in [-0.1, -0.05) is 12.1 Å². The average Bonchev–Trinajstić information content (AvgIpc) is 2.29. The quantitative estimate of drug-likeness (QED) is 0.781. The molecule has 17 heavy (non-hydrogen) atoms. The molecule has 1 aromatic carbocycles. The number of nitrogens with two attached hydrogens (primary N) is 2. The molecule has 4 N–H and O–H groups in total. The van der Waals surface area contributed by atoms with Crippen LogP contribution in [0.2, 0.25) is 0 Å². The summed E-state index contributed by atoms with van der Waals surface area (Å²) < 4.78 is 5.45. The minimum atomic E-state index is -0.594. The molecule has 0 aliphatic carbocycles. The Hall–Kier alpha value is -2.56. The largest absolute Gasteiger partial charge is 0.439 e. The summed E-state index contributed by atoms with van der Waals surface area (Å²) >= 11 is 0. The standard InChI is InChI=1S/C12H11N3O2/c13-8-3-1-4-9(7-8)17-11-6-2-5-10(15-11)12(14)16/h1-7H,13H2,(H2,14,16). The van der Waals surface area contributed by atoms with Crippen LogP contribution in [0.4, 0.5) is 5.69 Å². The number of anilines is 1. The third-order valence-electron chi connectivity index (χ3n) is 2.06. The molecule has 2 aromatic rings. The number of ether oxygens (including phenoxy) is 1. The van der Waals surface area contributed by atoms with Crippen LogP contribution < -0.4 is 16.2 Å². The maximum atomic E-state index is 10.9. The lowest BCUT2D eigenvalue weighted by Crippen LogP contribution is -2.12. The number of primary amides is 1. The van der Waals surface area contributed by atoms with Crippen molar-refractivity contribution in [2.75, 3.05) is 5.73 Å². The summed E-state index contributed by atoms with van der Waals surface area (Å²) in [6.07, 6.45) is 0. The zero-order chi connectivity index (χ0) is 12.3. The highest BCUT2D eigenvalue weighted by Crippen LogP contribution is 2.21. The number of carbonyl (C=O) groups excluding carboxylic acids is 1. The van der Waals surface area contributed by atoms with Gasteiger partial charge in [0.05, 0.1) is 0 Å². The van der Waals surface area contributed by atoms with E-state index in [9.17, 15) is 4.79 Å². The van der Waals surface area contributed by atoms with E-state index in [1.807, 2.05) is 0 Å². The Balaban J connectivity index is 2.24. The second-order valence-electron chi connectivity index (χ2n) is 3.40. The Kier molecular flexibility index (Phi) is 2.91. The van der Waals surface area contributed by atoms with E-state index >= 15 is 0 Å². The summed E-state index contributed by atoms with van der Waals surface area (Å²) in [5.41, 5.74) is 11.5. The van der Waals surface area contributed by atoms with Crippen molar-refractivity contribution in [3.8, 4) is 11.6 Å². The first-order valence-electron chi connectivity index (χ1n) is 4.95. The van der Waals surface area contributed by atoms with Crippen LogP contribution in [-0.4, -0.2) is 10.9 Å². The van der Waals surface area contributed by atoms with Crippen LogP contribution in [0.15, 0.2) is 42.5 Å². The molecule has 86 valence electrons. The van der Waals surface area contributed by atoms with Crippen LogP contribution in [0.25, 0.3) is 0 Å². The van der Waals surface area contributed by atoms with Gasteiger partial charge in [0.15, 0.2) is 0 Å². The van der Waals surface area contributed by atoms with Crippen LogP contribution in [0.1, 0.15) is 10.5 Å². The number of amides is 1. The smallest absolute Gasteiger partial charge is 0.267 e. The fourth-order valence-electron chi connectivity index (χ4n) is 1.31. The van der Waals surface area contributed by atoms with E-state index in [-0.39, 0.29) is 5.69 Å². The van der Waals surface area contributed by atoms with Crippen LogP contribution in [0.5, 0.6) is 11.6 Å². The fourth-order valence-corrected chi connectivity index (χ4v) is 1.31. The molecule has 5 heteroatoms. The maximum absolute atomic E-state index is 10.9. The van der Waals surface area contributed by atoms with Gasteiger partial charge in [0.25, 0.3) is 5.91 Å². The highest BCUT2D eigenvalue weighted by molar-refractivity contribution is 5.90. The fraction of sp³-hybridized carbons (Fsp3) is 0. The topological polar surface area (TPSA) is 91.2 Å². The molecule has 1 amide bonds. The molecular formula is C12H11N3O2. The second kappa shape index (κ2) is 4.52. The van der Waals surface area contributed by atoms with Crippen molar-refractivity contribution >= 4 is 11.6 Å². The van der Waals surface area contributed by atoms with Crippen molar-refractivity contribution in [2.24, 2.45) is 5.73 Å². The first-order chi connectivity index (χ1) is 8.15. The predicted octanol–water partition coefficient (Wildman–Crippen LogP) is 1.55. The second-order valence-corrected chi connectivity index (χ2v) is 3.40. The molecule has 0 bridgehead atoms. The monoisotopic (exact) mass is 229 g/mol. The van der Waals surface area contributed by atoms with Gasteiger partial charge in [0.1, 0.15) is 11.4 Å². The van der Waals surface area contributed by atoms with E-state index < -0.39 is 5.91 Å². The van der Waals surface area contributed by atoms with Gasteiger partial charge >= 0.3 is 0 Å². The molecule has 0 radical (unpaired) electrons. The Morgan fingerprint density at radius 3 is 2.65 bits per heavy atom. The van der Waals surface area contributed by atoms with Crippen LogP contribution >= 0.6 is 0 Å². The van der Waals surface area contributed by atoms with Gasteiger partial charge in [-0.3, -0.25) is 4.79 Å². The van der Waals surface area contributed by atoms with Crippen molar-refractivity contribution in [1.29, 1.82) is 0 Å². The molecule has 0 unspecified atom stereocenters. The lowest BCUT2D eigenvalue weighted by Gasteiger charge is -2.05. The van der Waals surface area contributed by atoms with E-state index in [0.717, 1.165) is 0 Å². The Labute approximate surface area is 98.0 Å². The van der Waals surface area contributed by atoms with Gasteiger partial charge in [-0.2, -0.15) is 0 Å². The number of rotatable bonds is 3. The molecule has 0 fully saturated rings. The average molecular weight is 229 g/mol. The molecule has 0 saturated heterocycles. The van der Waals surface area contributed by atoms with Gasteiger partial charge in [-0.25, -0.2) is 4.98 Å². The Morgan fingerprint density at radius 2 is 1.94 bits per heavy atom. The lowest BCUT2D eigenvalue weighted by atomic mass is 10.3. The van der Waals surface area contributed by atoms with Crippen molar-refractivity contribution in [2.45, 2.75) is 0 Å². The van der Waals surface area contributed by atoms with Crippen molar-refractivity contribution in [3.63, 3.8) is 0 Å². The van der Waals surface area contributed by atoms with Crippen molar-refractivity contribution < 1.29 is 9.53 Å². The van der Waals surface area contributed by atoms with Gasteiger partial charge in [0, 0.05) is 17.8 Å². The molecule has 0 atom stereocenters. The van der Waals surface area contributed by atoms with Crippen LogP contribution in [0.3, 0.4) is 0 Å². The zero-order valence-corrected chi connectivity index (χ0v) is 8.96. The SMILES string of the molecule is NC(=O)c1cccc(Oc2cccc(N)c2)n1. The normalized spacial score (nSPS) is 9.88. The maximum Gasteiger partial charge on any atom is 0.267 e. The summed E-state index contributed by atoms with van der Waals surface area (Å²) in [6.45, 7) is 0. The predicted molar refractivity (Wildman–Crippen MR) is 63.7 cm³/mol. The molecular weight excluding hydrogens is 218 g/mol. The first-order valence-corrected chi connectivity index (χ1v) is 4.95. The van der Waals surface area contributed by atoms with E-state index in [4.69, 9.17) is 16.2 Å². The highest BCUT2D eigenvalue weighted by atomic mass is 16.5. The molecule has 1 aromatic heterocycles. The molecule has 0 aliphatic heterocycles. The van der Waals surface area contributed by atoms with E-state index in [1.54, 1.807) is 36.4 Å². The Morgan fingerprint density at radius 1 is 1.18 bits per heavy atom. The van der Waals surface area contributed by atoms with Crippen LogP contribution in [0, 0.1) is 0 Å². The third kappa shape index (κ3) is 2.72. The summed E-state index contributed by atoms with van der Waals surface area (Å²) in [6, 6.07) is 11.7. The first kappa shape index (κ1) is 10.9.